The summed E-state index contributed by atoms with van der Waals surface area (Å²) in [5, 5.41) is 9.18. The normalized spacial score (nSPS) is 32.5. The number of rotatable bonds is 3. The molecule has 3 aliphatic rings. The standard InChI is InChI=1S/C14H22N2O3/c17-13(11-2-1-3-12(11)14(18)19)16-8-6-15(7-9-16)10-4-5-10/h10-12H,1-9H2,(H,18,19)/t11-,12+/m1/s1. The van der Waals surface area contributed by atoms with Crippen molar-refractivity contribution in [2.45, 2.75) is 38.1 Å². The summed E-state index contributed by atoms with van der Waals surface area (Å²) in [6, 6.07) is 0.760. The lowest BCUT2D eigenvalue weighted by atomic mass is 9.94. The number of piperazine rings is 1. The molecule has 0 bridgehead atoms. The summed E-state index contributed by atoms with van der Waals surface area (Å²) in [5.41, 5.74) is 0. The minimum atomic E-state index is -0.799. The average Bonchev–Trinajstić information content (AvgIpc) is 3.14. The third-order valence-electron chi connectivity index (χ3n) is 4.84. The van der Waals surface area contributed by atoms with Gasteiger partial charge in [0, 0.05) is 32.2 Å². The lowest BCUT2D eigenvalue weighted by Crippen LogP contribution is -2.51. The van der Waals surface area contributed by atoms with Crippen molar-refractivity contribution in [3.63, 3.8) is 0 Å². The molecule has 19 heavy (non-hydrogen) atoms. The number of carbonyl (C=O) groups excluding carboxylic acids is 1. The van der Waals surface area contributed by atoms with Gasteiger partial charge in [0.15, 0.2) is 0 Å². The van der Waals surface area contributed by atoms with E-state index in [4.69, 9.17) is 0 Å². The predicted molar refractivity (Wildman–Crippen MR) is 69.6 cm³/mol. The summed E-state index contributed by atoms with van der Waals surface area (Å²) in [6.45, 7) is 3.47. The van der Waals surface area contributed by atoms with Crippen LogP contribution in [0.5, 0.6) is 0 Å². The lowest BCUT2D eigenvalue weighted by molar-refractivity contribution is -0.149. The number of carboxylic acids is 1. The van der Waals surface area contributed by atoms with Gasteiger partial charge in [-0.05, 0) is 25.7 Å². The Labute approximate surface area is 113 Å². The maximum atomic E-state index is 12.5. The van der Waals surface area contributed by atoms with Gasteiger partial charge in [0.25, 0.3) is 0 Å². The maximum absolute atomic E-state index is 12.5. The molecule has 1 saturated heterocycles. The summed E-state index contributed by atoms with van der Waals surface area (Å²) < 4.78 is 0. The van der Waals surface area contributed by atoms with Gasteiger partial charge < -0.3 is 10.0 Å². The van der Waals surface area contributed by atoms with E-state index < -0.39 is 11.9 Å². The zero-order chi connectivity index (χ0) is 13.4. The molecular formula is C14H22N2O3. The fourth-order valence-corrected chi connectivity index (χ4v) is 3.53. The molecule has 1 amide bonds. The van der Waals surface area contributed by atoms with Gasteiger partial charge in [0.1, 0.15) is 0 Å². The van der Waals surface area contributed by atoms with E-state index in [2.05, 4.69) is 4.90 Å². The predicted octanol–water partition coefficient (Wildman–Crippen LogP) is 0.794. The van der Waals surface area contributed by atoms with Crippen molar-refractivity contribution in [2.24, 2.45) is 11.8 Å². The van der Waals surface area contributed by atoms with Crippen molar-refractivity contribution >= 4 is 11.9 Å². The van der Waals surface area contributed by atoms with Crippen molar-refractivity contribution < 1.29 is 14.7 Å². The van der Waals surface area contributed by atoms with Crippen molar-refractivity contribution in [3.05, 3.63) is 0 Å². The fourth-order valence-electron chi connectivity index (χ4n) is 3.53. The molecule has 5 nitrogen and oxygen atoms in total. The summed E-state index contributed by atoms with van der Waals surface area (Å²) in [6.07, 6.45) is 4.89. The number of carbonyl (C=O) groups is 2. The van der Waals surface area contributed by atoms with Crippen LogP contribution < -0.4 is 0 Å². The third kappa shape index (κ3) is 2.61. The minimum absolute atomic E-state index is 0.0837. The topological polar surface area (TPSA) is 60.9 Å². The smallest absolute Gasteiger partial charge is 0.307 e. The minimum Gasteiger partial charge on any atom is -0.481 e. The Hall–Kier alpha value is -1.10. The molecule has 1 aliphatic heterocycles. The molecule has 0 aromatic carbocycles. The second-order valence-corrected chi connectivity index (χ2v) is 6.07. The Morgan fingerprint density at radius 3 is 2.11 bits per heavy atom. The Kier molecular flexibility index (Phi) is 3.48. The summed E-state index contributed by atoms with van der Waals surface area (Å²) >= 11 is 0. The first-order valence-corrected chi connectivity index (χ1v) is 7.42. The monoisotopic (exact) mass is 266 g/mol. The van der Waals surface area contributed by atoms with Gasteiger partial charge in [0.05, 0.1) is 11.8 Å². The zero-order valence-corrected chi connectivity index (χ0v) is 11.3. The quantitative estimate of drug-likeness (QED) is 0.820. The van der Waals surface area contributed by atoms with Crippen LogP contribution in [0.2, 0.25) is 0 Å². The van der Waals surface area contributed by atoms with Crippen LogP contribution in [0.4, 0.5) is 0 Å². The van der Waals surface area contributed by atoms with Gasteiger partial charge in [-0.3, -0.25) is 14.5 Å². The van der Waals surface area contributed by atoms with Crippen molar-refractivity contribution in [3.8, 4) is 0 Å². The number of hydrogen-bond donors (Lipinski definition) is 1. The molecule has 2 saturated carbocycles. The highest BCUT2D eigenvalue weighted by molar-refractivity contribution is 5.85. The van der Waals surface area contributed by atoms with Crippen LogP contribution in [-0.4, -0.2) is 59.0 Å². The number of amides is 1. The SMILES string of the molecule is O=C(O)[C@H]1CCC[C@H]1C(=O)N1CCN(C2CC2)CC1. The summed E-state index contributed by atoms with van der Waals surface area (Å²) in [4.78, 5) is 28.0. The summed E-state index contributed by atoms with van der Waals surface area (Å²) in [5.74, 6) is -1.44. The largest absolute Gasteiger partial charge is 0.481 e. The first kappa shape index (κ1) is 12.9. The highest BCUT2D eigenvalue weighted by Gasteiger charge is 2.41. The highest BCUT2D eigenvalue weighted by Crippen LogP contribution is 2.34. The van der Waals surface area contributed by atoms with E-state index in [1.165, 1.54) is 12.8 Å². The molecule has 0 spiro atoms. The third-order valence-corrected chi connectivity index (χ3v) is 4.84. The Balaban J connectivity index is 1.56. The van der Waals surface area contributed by atoms with Gasteiger partial charge in [-0.1, -0.05) is 6.42 Å². The molecule has 0 aromatic heterocycles. The van der Waals surface area contributed by atoms with E-state index in [0.717, 1.165) is 45.1 Å². The van der Waals surface area contributed by atoms with Crippen LogP contribution in [0.1, 0.15) is 32.1 Å². The molecule has 0 radical (unpaired) electrons. The molecular weight excluding hydrogens is 244 g/mol. The number of hydrogen-bond acceptors (Lipinski definition) is 3. The van der Waals surface area contributed by atoms with Crippen molar-refractivity contribution in [1.82, 2.24) is 9.80 Å². The van der Waals surface area contributed by atoms with Gasteiger partial charge in [0.2, 0.25) is 5.91 Å². The van der Waals surface area contributed by atoms with Crippen LogP contribution in [-0.2, 0) is 9.59 Å². The Bertz CT molecular complexity index is 373. The van der Waals surface area contributed by atoms with E-state index >= 15 is 0 Å². The first-order valence-electron chi connectivity index (χ1n) is 7.42. The molecule has 106 valence electrons. The van der Waals surface area contributed by atoms with E-state index in [-0.39, 0.29) is 11.8 Å². The molecule has 2 aliphatic carbocycles. The number of nitrogens with zero attached hydrogens (tertiary/aromatic N) is 2. The molecule has 5 heteroatoms. The van der Waals surface area contributed by atoms with Gasteiger partial charge in [-0.2, -0.15) is 0 Å². The van der Waals surface area contributed by atoms with E-state index in [1.807, 2.05) is 4.90 Å². The average molecular weight is 266 g/mol. The van der Waals surface area contributed by atoms with E-state index in [9.17, 15) is 14.7 Å². The fraction of sp³-hybridized carbons (Fsp3) is 0.857. The lowest BCUT2D eigenvalue weighted by Gasteiger charge is -2.36. The maximum Gasteiger partial charge on any atom is 0.307 e. The Morgan fingerprint density at radius 2 is 1.53 bits per heavy atom. The van der Waals surface area contributed by atoms with Crippen molar-refractivity contribution in [1.29, 1.82) is 0 Å². The van der Waals surface area contributed by atoms with Crippen LogP contribution >= 0.6 is 0 Å². The molecule has 0 aromatic rings. The van der Waals surface area contributed by atoms with Gasteiger partial charge >= 0.3 is 5.97 Å². The van der Waals surface area contributed by atoms with E-state index in [1.54, 1.807) is 0 Å². The van der Waals surface area contributed by atoms with Crippen LogP contribution in [0.15, 0.2) is 0 Å². The van der Waals surface area contributed by atoms with Crippen LogP contribution in [0.3, 0.4) is 0 Å². The number of aliphatic carboxylic acids is 1. The van der Waals surface area contributed by atoms with Gasteiger partial charge in [-0.25, -0.2) is 0 Å². The molecule has 1 heterocycles. The molecule has 3 fully saturated rings. The Morgan fingerprint density at radius 1 is 0.895 bits per heavy atom. The number of carboxylic acid groups (broad SMARTS) is 1. The first-order chi connectivity index (χ1) is 9.16. The van der Waals surface area contributed by atoms with Crippen LogP contribution in [0.25, 0.3) is 0 Å². The van der Waals surface area contributed by atoms with Crippen molar-refractivity contribution in [2.75, 3.05) is 26.2 Å². The molecule has 1 N–H and O–H groups in total. The molecule has 0 unspecified atom stereocenters. The van der Waals surface area contributed by atoms with Crippen LogP contribution in [0, 0.1) is 11.8 Å². The zero-order valence-electron chi connectivity index (χ0n) is 11.3. The van der Waals surface area contributed by atoms with Gasteiger partial charge in [-0.15, -0.1) is 0 Å². The highest BCUT2D eigenvalue weighted by atomic mass is 16.4. The summed E-state index contributed by atoms with van der Waals surface area (Å²) in [7, 11) is 0. The van der Waals surface area contributed by atoms with E-state index in [0.29, 0.717) is 6.42 Å². The molecule has 3 rings (SSSR count). The second kappa shape index (κ2) is 5.12. The second-order valence-electron chi connectivity index (χ2n) is 6.07. The molecule has 2 atom stereocenters.